The predicted molar refractivity (Wildman–Crippen MR) is 57.9 cm³/mol. The summed E-state index contributed by atoms with van der Waals surface area (Å²) in [5.41, 5.74) is 0. The summed E-state index contributed by atoms with van der Waals surface area (Å²) in [5, 5.41) is 9.06. The summed E-state index contributed by atoms with van der Waals surface area (Å²) in [6, 6.07) is 0.505. The van der Waals surface area contributed by atoms with Crippen molar-refractivity contribution < 1.29 is 5.11 Å². The van der Waals surface area contributed by atoms with E-state index in [1.54, 1.807) is 0 Å². The Hall–Kier alpha value is -0.0800. The van der Waals surface area contributed by atoms with E-state index in [0.29, 0.717) is 18.6 Å². The Morgan fingerprint density at radius 1 is 1.08 bits per heavy atom. The van der Waals surface area contributed by atoms with Gasteiger partial charge in [0.05, 0.1) is 0 Å². The minimum Gasteiger partial charge on any atom is -0.396 e. The van der Waals surface area contributed by atoms with Crippen molar-refractivity contribution >= 4 is 0 Å². The Kier molecular flexibility index (Phi) is 7.29. The van der Waals surface area contributed by atoms with E-state index in [9.17, 15) is 0 Å². The summed E-state index contributed by atoms with van der Waals surface area (Å²) in [4.78, 5) is 2.47. The Bertz CT molecular complexity index is 111. The van der Waals surface area contributed by atoms with Crippen LogP contribution in [0, 0.1) is 5.92 Å². The van der Waals surface area contributed by atoms with E-state index in [4.69, 9.17) is 5.11 Å². The van der Waals surface area contributed by atoms with Crippen molar-refractivity contribution in [3.8, 4) is 0 Å². The van der Waals surface area contributed by atoms with Gasteiger partial charge in [0.1, 0.15) is 0 Å². The lowest BCUT2D eigenvalue weighted by atomic mass is 10.0. The highest BCUT2D eigenvalue weighted by atomic mass is 16.3. The molecule has 0 heterocycles. The van der Waals surface area contributed by atoms with E-state index in [0.717, 1.165) is 13.1 Å². The van der Waals surface area contributed by atoms with Crippen LogP contribution in [0.4, 0.5) is 0 Å². The molecule has 0 aromatic rings. The molecule has 0 rings (SSSR count). The number of hydrogen-bond donors (Lipinski definition) is 1. The zero-order valence-electron chi connectivity index (χ0n) is 9.58. The Labute approximate surface area is 82.9 Å². The monoisotopic (exact) mass is 187 g/mol. The average Bonchev–Trinajstić information content (AvgIpc) is 2.15. The first-order valence-electron chi connectivity index (χ1n) is 5.52. The van der Waals surface area contributed by atoms with Crippen molar-refractivity contribution in [1.82, 2.24) is 4.90 Å². The first-order valence-corrected chi connectivity index (χ1v) is 5.52. The van der Waals surface area contributed by atoms with Crippen molar-refractivity contribution in [3.05, 3.63) is 0 Å². The van der Waals surface area contributed by atoms with Crippen LogP contribution in [-0.4, -0.2) is 35.7 Å². The zero-order chi connectivity index (χ0) is 10.3. The second-order valence-electron chi connectivity index (χ2n) is 3.94. The van der Waals surface area contributed by atoms with Crippen molar-refractivity contribution in [2.45, 2.75) is 46.6 Å². The molecule has 2 nitrogen and oxygen atoms in total. The molecule has 0 aliphatic heterocycles. The van der Waals surface area contributed by atoms with E-state index < -0.39 is 0 Å². The summed E-state index contributed by atoms with van der Waals surface area (Å²) < 4.78 is 0. The van der Waals surface area contributed by atoms with Crippen LogP contribution in [0.2, 0.25) is 0 Å². The maximum atomic E-state index is 9.06. The maximum absolute atomic E-state index is 9.06. The lowest BCUT2D eigenvalue weighted by molar-refractivity contribution is 0.116. The Morgan fingerprint density at radius 3 is 1.85 bits per heavy atom. The van der Waals surface area contributed by atoms with Crippen molar-refractivity contribution in [2.75, 3.05) is 19.7 Å². The number of rotatable bonds is 7. The summed E-state index contributed by atoms with van der Waals surface area (Å²) in [7, 11) is 0. The van der Waals surface area contributed by atoms with Crippen molar-refractivity contribution in [2.24, 2.45) is 5.92 Å². The van der Waals surface area contributed by atoms with Crippen LogP contribution in [0.5, 0.6) is 0 Å². The fourth-order valence-corrected chi connectivity index (χ4v) is 1.61. The molecule has 80 valence electrons. The zero-order valence-corrected chi connectivity index (χ0v) is 9.58. The van der Waals surface area contributed by atoms with Gasteiger partial charge < -0.3 is 10.0 Å². The molecule has 0 radical (unpaired) electrons. The van der Waals surface area contributed by atoms with E-state index in [1.165, 1.54) is 12.8 Å². The lowest BCUT2D eigenvalue weighted by Gasteiger charge is -2.31. The van der Waals surface area contributed by atoms with Crippen LogP contribution < -0.4 is 0 Å². The van der Waals surface area contributed by atoms with Gasteiger partial charge in [-0.2, -0.15) is 0 Å². The smallest absolute Gasteiger partial charge is 0.0471 e. The summed E-state index contributed by atoms with van der Waals surface area (Å²) in [6.45, 7) is 11.3. The molecule has 0 aromatic heterocycles. The second-order valence-corrected chi connectivity index (χ2v) is 3.94. The van der Waals surface area contributed by atoms with Gasteiger partial charge in [-0.3, -0.25) is 0 Å². The second kappa shape index (κ2) is 7.34. The van der Waals surface area contributed by atoms with E-state index >= 15 is 0 Å². The third-order valence-corrected chi connectivity index (χ3v) is 2.71. The standard InChI is InChI=1S/C11H25NO/c1-5-7-12(8-6-2)11(4)10(3)9-13/h10-11,13H,5-9H2,1-4H3. The molecule has 0 aliphatic rings. The fraction of sp³-hybridized carbons (Fsp3) is 1.00. The van der Waals surface area contributed by atoms with Gasteiger partial charge in [-0.05, 0) is 38.8 Å². The molecule has 0 saturated heterocycles. The minimum atomic E-state index is 0.297. The van der Waals surface area contributed by atoms with Crippen molar-refractivity contribution in [3.63, 3.8) is 0 Å². The first-order chi connectivity index (χ1) is 6.17. The van der Waals surface area contributed by atoms with Gasteiger partial charge in [0.15, 0.2) is 0 Å². The molecule has 0 bridgehead atoms. The van der Waals surface area contributed by atoms with E-state index in [1.807, 2.05) is 0 Å². The van der Waals surface area contributed by atoms with Gasteiger partial charge in [-0.25, -0.2) is 0 Å². The van der Waals surface area contributed by atoms with E-state index in [2.05, 4.69) is 32.6 Å². The summed E-state index contributed by atoms with van der Waals surface area (Å²) in [6.07, 6.45) is 2.39. The molecule has 0 spiro atoms. The summed E-state index contributed by atoms with van der Waals surface area (Å²) >= 11 is 0. The molecule has 1 N–H and O–H groups in total. The lowest BCUT2D eigenvalue weighted by Crippen LogP contribution is -2.39. The normalized spacial score (nSPS) is 16.2. The number of aliphatic hydroxyl groups excluding tert-OH is 1. The largest absolute Gasteiger partial charge is 0.396 e. The maximum Gasteiger partial charge on any atom is 0.0471 e. The van der Waals surface area contributed by atoms with Crippen LogP contribution in [0.3, 0.4) is 0 Å². The third-order valence-electron chi connectivity index (χ3n) is 2.71. The molecule has 2 unspecified atom stereocenters. The third kappa shape index (κ3) is 4.63. The highest BCUT2D eigenvalue weighted by Gasteiger charge is 2.17. The predicted octanol–water partition coefficient (Wildman–Crippen LogP) is 2.13. The summed E-state index contributed by atoms with van der Waals surface area (Å²) in [5.74, 6) is 0.387. The quantitative estimate of drug-likeness (QED) is 0.660. The van der Waals surface area contributed by atoms with Crippen LogP contribution in [0.25, 0.3) is 0 Å². The molecular weight excluding hydrogens is 162 g/mol. The minimum absolute atomic E-state index is 0.297. The van der Waals surface area contributed by atoms with Crippen LogP contribution in [0.1, 0.15) is 40.5 Å². The van der Waals surface area contributed by atoms with Gasteiger partial charge in [0, 0.05) is 12.6 Å². The van der Waals surface area contributed by atoms with Crippen molar-refractivity contribution in [1.29, 1.82) is 0 Å². The van der Waals surface area contributed by atoms with E-state index in [-0.39, 0.29) is 0 Å². The topological polar surface area (TPSA) is 23.5 Å². The molecule has 0 aliphatic carbocycles. The van der Waals surface area contributed by atoms with Gasteiger partial charge in [0.2, 0.25) is 0 Å². The molecule has 2 heteroatoms. The first kappa shape index (κ1) is 12.9. The van der Waals surface area contributed by atoms with Gasteiger partial charge >= 0.3 is 0 Å². The SMILES string of the molecule is CCCN(CCC)C(C)C(C)CO. The van der Waals surface area contributed by atoms with Gasteiger partial charge in [-0.1, -0.05) is 20.8 Å². The Morgan fingerprint density at radius 2 is 1.54 bits per heavy atom. The molecule has 0 saturated carbocycles. The molecule has 0 amide bonds. The molecule has 13 heavy (non-hydrogen) atoms. The van der Waals surface area contributed by atoms with Gasteiger partial charge in [-0.15, -0.1) is 0 Å². The molecule has 0 fully saturated rings. The average molecular weight is 187 g/mol. The number of nitrogens with zero attached hydrogens (tertiary/aromatic N) is 1. The fourth-order valence-electron chi connectivity index (χ4n) is 1.61. The van der Waals surface area contributed by atoms with Gasteiger partial charge in [0.25, 0.3) is 0 Å². The molecule has 2 atom stereocenters. The number of hydrogen-bond acceptors (Lipinski definition) is 2. The highest BCUT2D eigenvalue weighted by molar-refractivity contribution is 4.71. The van der Waals surface area contributed by atoms with Crippen LogP contribution in [0.15, 0.2) is 0 Å². The van der Waals surface area contributed by atoms with Crippen LogP contribution in [-0.2, 0) is 0 Å². The molecule has 0 aromatic carbocycles. The highest BCUT2D eigenvalue weighted by Crippen LogP contribution is 2.11. The molecular formula is C11H25NO. The Balaban J connectivity index is 4.00. The number of aliphatic hydroxyl groups is 1. The van der Waals surface area contributed by atoms with Crippen LogP contribution >= 0.6 is 0 Å².